The van der Waals surface area contributed by atoms with Crippen LogP contribution in [0.5, 0.6) is 5.75 Å². The van der Waals surface area contributed by atoms with Crippen LogP contribution in [0.1, 0.15) is 53.7 Å². The molecule has 4 rings (SSSR count). The predicted molar refractivity (Wildman–Crippen MR) is 105 cm³/mol. The van der Waals surface area contributed by atoms with Crippen LogP contribution in [0, 0.1) is 0 Å². The number of carbonyl (C=O) groups is 1. The average molecular weight is 382 g/mol. The zero-order valence-electron chi connectivity index (χ0n) is 15.5. The van der Waals surface area contributed by atoms with Crippen LogP contribution in [0.4, 0.5) is 0 Å². The van der Waals surface area contributed by atoms with E-state index in [1.165, 1.54) is 0 Å². The normalized spacial score (nSPS) is 16.5. The molecule has 27 heavy (non-hydrogen) atoms. The van der Waals surface area contributed by atoms with E-state index in [9.17, 15) is 4.79 Å². The molecule has 0 aliphatic heterocycles. The van der Waals surface area contributed by atoms with E-state index in [1.807, 2.05) is 24.3 Å². The molecule has 2 aromatic heterocycles. The van der Waals surface area contributed by atoms with Crippen molar-refractivity contribution in [1.29, 1.82) is 0 Å². The van der Waals surface area contributed by atoms with E-state index in [1.54, 1.807) is 29.6 Å². The van der Waals surface area contributed by atoms with E-state index >= 15 is 0 Å². The lowest BCUT2D eigenvalue weighted by atomic mass is 9.82. The smallest absolute Gasteiger partial charge is 0.253 e. The number of nitrogens with zero attached hydrogens (tertiary/aromatic N) is 4. The van der Waals surface area contributed by atoms with Crippen LogP contribution in [-0.2, 0) is 6.42 Å². The molecule has 7 heteroatoms. The molecule has 2 heterocycles. The Bertz CT molecular complexity index is 968. The standard InChI is InChI=1S/C20H22N4O2S/c1-3-4-9-27-20-22-19-21-17-10-14(13-5-7-15(26-2)8-6-13)11-18(25)16(17)12-24(19)23-20/h5-8,12,14H,3-4,9-11H2,1-2H3. The van der Waals surface area contributed by atoms with Gasteiger partial charge in [0.05, 0.1) is 18.4 Å². The lowest BCUT2D eigenvalue weighted by molar-refractivity contribution is 0.0962. The van der Waals surface area contributed by atoms with Crippen molar-refractivity contribution in [3.63, 3.8) is 0 Å². The molecule has 0 saturated carbocycles. The molecule has 0 N–H and O–H groups in total. The van der Waals surface area contributed by atoms with Gasteiger partial charge in [-0.3, -0.25) is 4.79 Å². The van der Waals surface area contributed by atoms with Gasteiger partial charge in [0.25, 0.3) is 5.78 Å². The molecule has 6 nitrogen and oxygen atoms in total. The number of ether oxygens (including phenoxy) is 1. The van der Waals surface area contributed by atoms with E-state index in [0.29, 0.717) is 17.8 Å². The molecule has 1 aliphatic rings. The maximum Gasteiger partial charge on any atom is 0.253 e. The van der Waals surface area contributed by atoms with Crippen LogP contribution in [0.25, 0.3) is 5.78 Å². The predicted octanol–water partition coefficient (Wildman–Crippen LogP) is 3.94. The minimum Gasteiger partial charge on any atom is -0.497 e. The number of unbranched alkanes of at least 4 members (excludes halogenated alkanes) is 1. The van der Waals surface area contributed by atoms with E-state index in [2.05, 4.69) is 22.0 Å². The third kappa shape index (κ3) is 3.69. The number of aromatic nitrogens is 4. The zero-order chi connectivity index (χ0) is 18.8. The first-order chi connectivity index (χ1) is 13.2. The summed E-state index contributed by atoms with van der Waals surface area (Å²) in [5.41, 5.74) is 2.62. The molecular formula is C20H22N4O2S. The third-order valence-corrected chi connectivity index (χ3v) is 5.80. The third-order valence-electron chi connectivity index (χ3n) is 4.88. The van der Waals surface area contributed by atoms with Crippen LogP contribution in [0.2, 0.25) is 0 Å². The Balaban J connectivity index is 1.60. The van der Waals surface area contributed by atoms with Crippen molar-refractivity contribution in [2.45, 2.75) is 43.7 Å². The monoisotopic (exact) mass is 382 g/mol. The highest BCUT2D eigenvalue weighted by Gasteiger charge is 2.28. The van der Waals surface area contributed by atoms with Gasteiger partial charge in [0, 0.05) is 18.4 Å². The number of fused-ring (bicyclic) bond motifs is 2. The van der Waals surface area contributed by atoms with E-state index < -0.39 is 0 Å². The molecule has 0 fully saturated rings. The second-order valence-corrected chi connectivity index (χ2v) is 7.81. The number of rotatable bonds is 6. The summed E-state index contributed by atoms with van der Waals surface area (Å²) in [6.45, 7) is 2.16. The first-order valence-electron chi connectivity index (χ1n) is 9.24. The SMILES string of the molecule is CCCCSc1nc2nc3c(cn2n1)C(=O)CC(c1ccc(OC)cc1)C3. The Morgan fingerprint density at radius 1 is 1.22 bits per heavy atom. The molecule has 0 amide bonds. The average Bonchev–Trinajstić information content (AvgIpc) is 3.08. The van der Waals surface area contributed by atoms with Crippen molar-refractivity contribution in [3.05, 3.63) is 47.3 Å². The van der Waals surface area contributed by atoms with Crippen molar-refractivity contribution in [1.82, 2.24) is 19.6 Å². The highest BCUT2D eigenvalue weighted by molar-refractivity contribution is 7.99. The number of hydrogen-bond donors (Lipinski definition) is 0. The Morgan fingerprint density at radius 2 is 2.04 bits per heavy atom. The van der Waals surface area contributed by atoms with Gasteiger partial charge in [0.1, 0.15) is 5.75 Å². The van der Waals surface area contributed by atoms with Crippen molar-refractivity contribution in [2.24, 2.45) is 0 Å². The van der Waals surface area contributed by atoms with Gasteiger partial charge in [-0.1, -0.05) is 37.2 Å². The lowest BCUT2D eigenvalue weighted by Crippen LogP contribution is -2.21. The highest BCUT2D eigenvalue weighted by atomic mass is 32.2. The van der Waals surface area contributed by atoms with Gasteiger partial charge >= 0.3 is 0 Å². The van der Waals surface area contributed by atoms with Crippen LogP contribution in [0.15, 0.2) is 35.6 Å². The van der Waals surface area contributed by atoms with Crippen molar-refractivity contribution >= 4 is 23.3 Å². The Kier molecular flexibility index (Phi) is 5.11. The fourth-order valence-electron chi connectivity index (χ4n) is 3.35. The number of thioether (sulfide) groups is 1. The number of methoxy groups -OCH3 is 1. The Labute approximate surface area is 162 Å². The molecule has 1 aromatic carbocycles. The summed E-state index contributed by atoms with van der Waals surface area (Å²) >= 11 is 1.64. The number of ketones is 1. The molecule has 140 valence electrons. The first-order valence-corrected chi connectivity index (χ1v) is 10.2. The minimum absolute atomic E-state index is 0.113. The molecule has 0 bridgehead atoms. The van der Waals surface area contributed by atoms with Crippen LogP contribution in [-0.4, -0.2) is 38.2 Å². The van der Waals surface area contributed by atoms with Crippen LogP contribution < -0.4 is 4.74 Å². The summed E-state index contributed by atoms with van der Waals surface area (Å²) in [7, 11) is 1.65. The van der Waals surface area contributed by atoms with Gasteiger partial charge in [0.2, 0.25) is 5.16 Å². The molecule has 0 radical (unpaired) electrons. The molecule has 0 saturated heterocycles. The summed E-state index contributed by atoms with van der Waals surface area (Å²) in [6, 6.07) is 7.92. The van der Waals surface area contributed by atoms with Gasteiger partial charge in [0.15, 0.2) is 5.78 Å². The molecule has 3 aromatic rings. The molecule has 1 atom stereocenters. The van der Waals surface area contributed by atoms with E-state index in [-0.39, 0.29) is 11.7 Å². The van der Waals surface area contributed by atoms with Crippen molar-refractivity contribution in [2.75, 3.05) is 12.9 Å². The summed E-state index contributed by atoms with van der Waals surface area (Å²) < 4.78 is 6.86. The van der Waals surface area contributed by atoms with Gasteiger partial charge in [-0.2, -0.15) is 4.98 Å². The minimum atomic E-state index is 0.113. The van der Waals surface area contributed by atoms with Crippen LogP contribution in [0.3, 0.4) is 0 Å². The Morgan fingerprint density at radius 3 is 2.78 bits per heavy atom. The van der Waals surface area contributed by atoms with Crippen molar-refractivity contribution in [3.8, 4) is 5.75 Å². The van der Waals surface area contributed by atoms with Gasteiger partial charge in [-0.15, -0.1) is 5.10 Å². The molecule has 0 spiro atoms. The second-order valence-electron chi connectivity index (χ2n) is 6.74. The van der Waals surface area contributed by atoms with Crippen LogP contribution >= 0.6 is 11.8 Å². The summed E-state index contributed by atoms with van der Waals surface area (Å²) in [4.78, 5) is 21.9. The van der Waals surface area contributed by atoms with Gasteiger partial charge < -0.3 is 4.74 Å². The summed E-state index contributed by atoms with van der Waals surface area (Å²) in [5.74, 6) is 2.62. The molecular weight excluding hydrogens is 360 g/mol. The maximum atomic E-state index is 12.7. The fourth-order valence-corrected chi connectivity index (χ4v) is 4.25. The van der Waals surface area contributed by atoms with Gasteiger partial charge in [-0.05, 0) is 36.5 Å². The highest BCUT2D eigenvalue weighted by Crippen LogP contribution is 2.32. The fraction of sp³-hybridized carbons (Fsp3) is 0.400. The maximum absolute atomic E-state index is 12.7. The number of Topliss-reactive ketones (excluding diaryl/α,β-unsaturated/α-hetero) is 1. The second kappa shape index (κ2) is 7.68. The Hall–Kier alpha value is -2.41. The number of carbonyl (C=O) groups excluding carboxylic acids is 1. The first kappa shape index (κ1) is 18.0. The van der Waals surface area contributed by atoms with Gasteiger partial charge in [-0.25, -0.2) is 9.50 Å². The number of benzene rings is 1. The largest absolute Gasteiger partial charge is 0.497 e. The zero-order valence-corrected chi connectivity index (χ0v) is 16.3. The quantitative estimate of drug-likeness (QED) is 0.475. The topological polar surface area (TPSA) is 69.4 Å². The van der Waals surface area contributed by atoms with Crippen molar-refractivity contribution < 1.29 is 9.53 Å². The lowest BCUT2D eigenvalue weighted by Gasteiger charge is -2.23. The summed E-state index contributed by atoms with van der Waals surface area (Å²) in [6.07, 6.45) is 5.29. The number of hydrogen-bond acceptors (Lipinski definition) is 6. The molecule has 1 aliphatic carbocycles. The summed E-state index contributed by atoms with van der Waals surface area (Å²) in [5, 5.41) is 5.18. The van der Waals surface area contributed by atoms with E-state index in [4.69, 9.17) is 4.74 Å². The molecule has 1 unspecified atom stereocenters. The van der Waals surface area contributed by atoms with E-state index in [0.717, 1.165) is 47.2 Å².